The highest BCUT2D eigenvalue weighted by atomic mass is 35.5. The van der Waals surface area contributed by atoms with E-state index in [4.69, 9.17) is 33.8 Å². The fourth-order valence-electron chi connectivity index (χ4n) is 2.60. The summed E-state index contributed by atoms with van der Waals surface area (Å²) in [6.45, 7) is 0. The molecule has 1 heterocycles. The molecule has 0 aliphatic carbocycles. The Kier molecular flexibility index (Phi) is 4.90. The van der Waals surface area contributed by atoms with Crippen LogP contribution in [0.3, 0.4) is 0 Å². The van der Waals surface area contributed by atoms with Gasteiger partial charge in [0.25, 0.3) is 5.60 Å². The maximum absolute atomic E-state index is 13.8. The molecule has 2 aromatic carbocycles. The minimum atomic E-state index is -4.71. The molecule has 1 unspecified atom stereocenters. The first kappa shape index (κ1) is 18.6. The fraction of sp³-hybridized carbons (Fsp3) is 0.167. The topological polar surface area (TPSA) is 47.6 Å². The summed E-state index contributed by atoms with van der Waals surface area (Å²) < 4.78 is 41.5. The third-order valence-electron chi connectivity index (χ3n) is 3.94. The van der Waals surface area contributed by atoms with E-state index in [0.717, 1.165) is 5.56 Å². The number of anilines is 1. The van der Waals surface area contributed by atoms with E-state index in [1.807, 2.05) is 0 Å². The summed E-state index contributed by atoms with van der Waals surface area (Å²) in [6, 6.07) is 10.6. The molecule has 3 rings (SSSR count). The molecular weight excluding hydrogens is 388 g/mol. The average Bonchev–Trinajstić information content (AvgIpc) is 2.99. The van der Waals surface area contributed by atoms with Crippen LogP contribution in [0.4, 0.5) is 18.9 Å². The number of nitrogens with two attached hydrogens (primary N) is 1. The lowest BCUT2D eigenvalue weighted by molar-refractivity contribution is -0.275. The number of halogens is 5. The van der Waals surface area contributed by atoms with E-state index in [0.29, 0.717) is 5.69 Å². The number of oxime groups is 1. The highest BCUT2D eigenvalue weighted by Gasteiger charge is 2.62. The molecule has 0 amide bonds. The Morgan fingerprint density at radius 1 is 1.04 bits per heavy atom. The van der Waals surface area contributed by atoms with Gasteiger partial charge in [-0.2, -0.15) is 13.2 Å². The van der Waals surface area contributed by atoms with Crippen LogP contribution in [0, 0.1) is 0 Å². The van der Waals surface area contributed by atoms with Crippen LogP contribution in [0.25, 0.3) is 6.08 Å². The molecule has 1 atom stereocenters. The van der Waals surface area contributed by atoms with Gasteiger partial charge >= 0.3 is 6.18 Å². The molecule has 136 valence electrons. The van der Waals surface area contributed by atoms with E-state index < -0.39 is 18.2 Å². The Bertz CT molecular complexity index is 859. The molecule has 1 aliphatic heterocycles. The molecule has 0 fully saturated rings. The normalized spacial score (nSPS) is 20.3. The highest BCUT2D eigenvalue weighted by molar-refractivity contribution is 6.34. The molecule has 3 nitrogen and oxygen atoms in total. The van der Waals surface area contributed by atoms with Crippen LogP contribution in [-0.2, 0) is 10.4 Å². The van der Waals surface area contributed by atoms with Crippen LogP contribution in [0.1, 0.15) is 17.5 Å². The molecule has 8 heteroatoms. The SMILES string of the molecule is Nc1ccc(C=CC2=NOC(c3cc(Cl)cc(Cl)c3)(C(F)(F)F)C2)cc1. The zero-order valence-corrected chi connectivity index (χ0v) is 14.7. The molecule has 1 aliphatic rings. The molecule has 0 saturated heterocycles. The molecule has 0 saturated carbocycles. The van der Waals surface area contributed by atoms with Crippen molar-refractivity contribution in [2.75, 3.05) is 5.73 Å². The van der Waals surface area contributed by atoms with Gasteiger partial charge in [-0.3, -0.25) is 0 Å². The Morgan fingerprint density at radius 3 is 2.23 bits per heavy atom. The number of rotatable bonds is 3. The molecule has 2 aromatic rings. The van der Waals surface area contributed by atoms with Crippen molar-refractivity contribution < 1.29 is 18.0 Å². The van der Waals surface area contributed by atoms with Gasteiger partial charge < -0.3 is 10.6 Å². The Hall–Kier alpha value is -2.18. The van der Waals surface area contributed by atoms with Gasteiger partial charge in [-0.15, -0.1) is 0 Å². The summed E-state index contributed by atoms with van der Waals surface area (Å²) in [5, 5.41) is 3.80. The van der Waals surface area contributed by atoms with Crippen molar-refractivity contribution in [3.8, 4) is 0 Å². The molecule has 2 N–H and O–H groups in total. The number of nitrogen functional groups attached to an aromatic ring is 1. The fourth-order valence-corrected chi connectivity index (χ4v) is 3.13. The summed E-state index contributed by atoms with van der Waals surface area (Å²) in [7, 11) is 0. The summed E-state index contributed by atoms with van der Waals surface area (Å²) in [5.74, 6) is 0. The van der Waals surface area contributed by atoms with Crippen molar-refractivity contribution in [3.05, 3.63) is 69.7 Å². The maximum Gasteiger partial charge on any atom is 0.435 e. The number of nitrogens with zero attached hydrogens (tertiary/aromatic N) is 1. The van der Waals surface area contributed by atoms with E-state index in [1.165, 1.54) is 24.3 Å². The lowest BCUT2D eigenvalue weighted by Crippen LogP contribution is -2.42. The minimum Gasteiger partial charge on any atom is -0.399 e. The minimum absolute atomic E-state index is 0.0885. The average molecular weight is 401 g/mol. The maximum atomic E-state index is 13.8. The van der Waals surface area contributed by atoms with Gasteiger partial charge in [0.1, 0.15) is 0 Å². The monoisotopic (exact) mass is 400 g/mol. The van der Waals surface area contributed by atoms with Crippen molar-refractivity contribution in [1.29, 1.82) is 0 Å². The van der Waals surface area contributed by atoms with Crippen molar-refractivity contribution in [1.82, 2.24) is 0 Å². The largest absolute Gasteiger partial charge is 0.435 e. The third kappa shape index (κ3) is 3.66. The first-order valence-corrected chi connectivity index (χ1v) is 8.27. The lowest BCUT2D eigenvalue weighted by Gasteiger charge is -2.29. The number of hydrogen-bond donors (Lipinski definition) is 1. The third-order valence-corrected chi connectivity index (χ3v) is 4.38. The molecular formula is C18H13Cl2F3N2O. The predicted molar refractivity (Wildman–Crippen MR) is 97.2 cm³/mol. The van der Waals surface area contributed by atoms with E-state index in [1.54, 1.807) is 30.3 Å². The molecule has 0 bridgehead atoms. The van der Waals surface area contributed by atoms with Crippen LogP contribution in [0.5, 0.6) is 0 Å². The first-order chi connectivity index (χ1) is 12.2. The second-order valence-corrected chi connectivity index (χ2v) is 6.71. The van der Waals surface area contributed by atoms with Gasteiger partial charge in [0.15, 0.2) is 0 Å². The van der Waals surface area contributed by atoms with E-state index >= 15 is 0 Å². The lowest BCUT2D eigenvalue weighted by atomic mass is 9.88. The summed E-state index contributed by atoms with van der Waals surface area (Å²) in [5.41, 5.74) is 4.31. The van der Waals surface area contributed by atoms with Gasteiger partial charge in [0.05, 0.1) is 5.71 Å². The second-order valence-electron chi connectivity index (χ2n) is 5.83. The Balaban J connectivity index is 1.89. The number of allylic oxidation sites excluding steroid dienone is 1. The first-order valence-electron chi connectivity index (χ1n) is 7.52. The summed E-state index contributed by atoms with van der Waals surface area (Å²) in [4.78, 5) is 4.90. The molecule has 26 heavy (non-hydrogen) atoms. The number of benzene rings is 2. The van der Waals surface area contributed by atoms with Crippen LogP contribution in [0.2, 0.25) is 10.0 Å². The second kappa shape index (κ2) is 6.85. The van der Waals surface area contributed by atoms with Crippen LogP contribution >= 0.6 is 23.2 Å². The molecule has 0 radical (unpaired) electrons. The number of hydrogen-bond acceptors (Lipinski definition) is 3. The standard InChI is InChI=1S/C18H13Cl2F3N2O/c19-13-7-12(8-14(20)9-13)17(18(21,22)23)10-16(25-26-17)6-3-11-1-4-15(24)5-2-11/h1-9H,10,24H2. The van der Waals surface area contributed by atoms with Gasteiger partial charge in [0, 0.05) is 27.7 Å². The molecule has 0 spiro atoms. The Morgan fingerprint density at radius 2 is 1.65 bits per heavy atom. The highest BCUT2D eigenvalue weighted by Crippen LogP contribution is 2.49. The quantitative estimate of drug-likeness (QED) is 0.659. The zero-order chi connectivity index (χ0) is 18.9. The van der Waals surface area contributed by atoms with E-state index in [-0.39, 0.29) is 21.3 Å². The van der Waals surface area contributed by atoms with Gasteiger partial charge in [-0.1, -0.05) is 46.6 Å². The van der Waals surface area contributed by atoms with Gasteiger partial charge in [-0.05, 0) is 42.0 Å². The van der Waals surface area contributed by atoms with E-state index in [2.05, 4.69) is 5.16 Å². The van der Waals surface area contributed by atoms with Gasteiger partial charge in [0.2, 0.25) is 0 Å². The Labute approximate surface area is 157 Å². The zero-order valence-electron chi connectivity index (χ0n) is 13.2. The summed E-state index contributed by atoms with van der Waals surface area (Å²) >= 11 is 11.7. The van der Waals surface area contributed by atoms with Crippen molar-refractivity contribution in [3.63, 3.8) is 0 Å². The predicted octanol–water partition coefficient (Wildman–Crippen LogP) is 5.82. The van der Waals surface area contributed by atoms with Crippen LogP contribution in [-0.4, -0.2) is 11.9 Å². The van der Waals surface area contributed by atoms with Crippen LogP contribution in [0.15, 0.2) is 53.7 Å². The number of alkyl halides is 3. The van der Waals surface area contributed by atoms with E-state index in [9.17, 15) is 13.2 Å². The van der Waals surface area contributed by atoms with Crippen molar-refractivity contribution >= 4 is 40.7 Å². The summed E-state index contributed by atoms with van der Waals surface area (Å²) in [6.07, 6.45) is -2.08. The van der Waals surface area contributed by atoms with Gasteiger partial charge in [-0.25, -0.2) is 0 Å². The van der Waals surface area contributed by atoms with Crippen LogP contribution < -0.4 is 5.73 Å². The van der Waals surface area contributed by atoms with Crippen molar-refractivity contribution in [2.24, 2.45) is 5.16 Å². The van der Waals surface area contributed by atoms with Crippen molar-refractivity contribution in [2.45, 2.75) is 18.2 Å². The smallest absolute Gasteiger partial charge is 0.399 e. The molecule has 0 aromatic heterocycles.